The first-order valence-electron chi connectivity index (χ1n) is 14.0. The van der Waals surface area contributed by atoms with Gasteiger partial charge in [-0.05, 0) is 91.2 Å². The smallest absolute Gasteiger partial charge is 0.171 e. The molecule has 0 radical (unpaired) electrons. The van der Waals surface area contributed by atoms with Crippen LogP contribution in [-0.4, -0.2) is 46.0 Å². The van der Waals surface area contributed by atoms with Crippen molar-refractivity contribution >= 4 is 0 Å². The lowest BCUT2D eigenvalue weighted by Gasteiger charge is -2.70. The summed E-state index contributed by atoms with van der Waals surface area (Å²) in [5, 5.41) is 34.8. The molecule has 1 saturated heterocycles. The van der Waals surface area contributed by atoms with Gasteiger partial charge in [0.25, 0.3) is 0 Å². The third-order valence-corrected chi connectivity index (χ3v) is 11.9. The molecular weight excluding hydrogens is 440 g/mol. The Morgan fingerprint density at radius 2 is 1.74 bits per heavy atom. The average molecular weight is 483 g/mol. The van der Waals surface area contributed by atoms with Crippen molar-refractivity contribution in [2.24, 2.45) is 34.0 Å². The Labute approximate surface area is 209 Å². The van der Waals surface area contributed by atoms with Crippen molar-refractivity contribution in [1.29, 1.82) is 0 Å². The van der Waals surface area contributed by atoms with Gasteiger partial charge in [0.2, 0.25) is 0 Å². The van der Waals surface area contributed by atoms with Crippen LogP contribution in [0.1, 0.15) is 89.2 Å². The summed E-state index contributed by atoms with van der Waals surface area (Å²) in [6.07, 6.45) is 7.36. The van der Waals surface area contributed by atoms with Crippen LogP contribution in [0.2, 0.25) is 0 Å². The fraction of sp³-hybridized carbons (Fsp3) is 0.800. The maximum Gasteiger partial charge on any atom is 0.171 e. The fourth-order valence-corrected chi connectivity index (χ4v) is 10.2. The van der Waals surface area contributed by atoms with Crippen LogP contribution in [0.3, 0.4) is 0 Å². The summed E-state index contributed by atoms with van der Waals surface area (Å²) in [6, 6.07) is 6.01. The largest absolute Gasteiger partial charge is 0.508 e. The molecule has 0 amide bonds. The summed E-state index contributed by atoms with van der Waals surface area (Å²) >= 11 is 0. The van der Waals surface area contributed by atoms with Crippen molar-refractivity contribution in [3.8, 4) is 5.75 Å². The summed E-state index contributed by atoms with van der Waals surface area (Å²) in [5.74, 6) is 1.33. The third kappa shape index (κ3) is 2.90. The molecule has 3 N–H and O–H groups in total. The van der Waals surface area contributed by atoms with E-state index in [0.29, 0.717) is 43.1 Å². The van der Waals surface area contributed by atoms with Crippen LogP contribution < -0.4 is 0 Å². The Hall–Kier alpha value is -1.14. The van der Waals surface area contributed by atoms with E-state index in [0.717, 1.165) is 56.9 Å². The lowest BCUT2D eigenvalue weighted by atomic mass is 9.37. The van der Waals surface area contributed by atoms with E-state index in [-0.39, 0.29) is 28.3 Å². The number of rotatable bonds is 0. The van der Waals surface area contributed by atoms with Gasteiger partial charge in [0, 0.05) is 23.7 Å². The minimum atomic E-state index is -0.878. The van der Waals surface area contributed by atoms with Crippen molar-refractivity contribution in [3.63, 3.8) is 0 Å². The molecule has 1 aromatic carbocycles. The van der Waals surface area contributed by atoms with E-state index in [4.69, 9.17) is 9.47 Å². The van der Waals surface area contributed by atoms with Crippen molar-refractivity contribution < 1.29 is 24.8 Å². The average Bonchev–Trinajstić information content (AvgIpc) is 3.11. The number of hydrogen-bond donors (Lipinski definition) is 3. The van der Waals surface area contributed by atoms with E-state index < -0.39 is 11.4 Å². The first-order chi connectivity index (χ1) is 16.5. The van der Waals surface area contributed by atoms with Gasteiger partial charge in [-0.1, -0.05) is 32.9 Å². The van der Waals surface area contributed by atoms with Crippen LogP contribution in [-0.2, 0) is 15.9 Å². The van der Waals surface area contributed by atoms with Crippen LogP contribution >= 0.6 is 0 Å². The second kappa shape index (κ2) is 7.03. The molecular formula is C30H42O5. The molecule has 35 heavy (non-hydrogen) atoms. The quantitative estimate of drug-likeness (QED) is 0.490. The maximum absolute atomic E-state index is 12.7. The molecule has 7 rings (SSSR count). The number of aliphatic hydroxyl groups is 2. The normalized spacial score (nSPS) is 49.0. The number of ether oxygens (including phenoxy) is 2. The third-order valence-electron chi connectivity index (χ3n) is 11.9. The lowest BCUT2D eigenvalue weighted by molar-refractivity contribution is -0.357. The molecule has 6 aliphatic rings. The van der Waals surface area contributed by atoms with Gasteiger partial charge < -0.3 is 24.8 Å². The van der Waals surface area contributed by atoms with E-state index in [1.807, 2.05) is 12.1 Å². The van der Waals surface area contributed by atoms with Gasteiger partial charge in [-0.3, -0.25) is 0 Å². The molecule has 5 aliphatic carbocycles. The predicted molar refractivity (Wildman–Crippen MR) is 132 cm³/mol. The standard InChI is InChI=1S/C30H42O5/c1-26(2)16-34-30(35-17-26)12-11-28-14-20-18(5-4-6-23(20)31)21-13-27(3)22(7-8-24(27)32)19(25(21)28)9-10-29(28,33)15-30/h4-6,19,21-22,24-25,31-33H,7-17H2,1-3H3/t19-,21?,22-,24-,25?,27-,28-,29+/m0/s1. The van der Waals surface area contributed by atoms with Gasteiger partial charge in [-0.25, -0.2) is 0 Å². The summed E-state index contributed by atoms with van der Waals surface area (Å²) in [5.41, 5.74) is 1.05. The number of fused-ring (bicyclic) bond motifs is 4. The van der Waals surface area contributed by atoms with E-state index in [1.165, 1.54) is 5.56 Å². The van der Waals surface area contributed by atoms with E-state index in [1.54, 1.807) is 0 Å². The monoisotopic (exact) mass is 482 g/mol. The van der Waals surface area contributed by atoms with Gasteiger partial charge in [-0.15, -0.1) is 0 Å². The zero-order chi connectivity index (χ0) is 24.4. The molecule has 5 heteroatoms. The number of phenols is 1. The Balaban J connectivity index is 1.34. The van der Waals surface area contributed by atoms with Crippen molar-refractivity contribution in [3.05, 3.63) is 29.3 Å². The molecule has 0 bridgehead atoms. The van der Waals surface area contributed by atoms with Crippen LogP contribution in [0.4, 0.5) is 0 Å². The van der Waals surface area contributed by atoms with Crippen molar-refractivity contribution in [2.45, 2.75) is 102 Å². The van der Waals surface area contributed by atoms with E-state index >= 15 is 0 Å². The van der Waals surface area contributed by atoms with Gasteiger partial charge in [0.1, 0.15) is 5.75 Å². The molecule has 4 saturated carbocycles. The highest BCUT2D eigenvalue weighted by molar-refractivity contribution is 5.47. The van der Waals surface area contributed by atoms with Crippen LogP contribution in [0.5, 0.6) is 5.75 Å². The summed E-state index contributed by atoms with van der Waals surface area (Å²) in [6.45, 7) is 7.98. The Bertz CT molecular complexity index is 1040. The van der Waals surface area contributed by atoms with Gasteiger partial charge in [0.05, 0.1) is 24.9 Å². The minimum Gasteiger partial charge on any atom is -0.508 e. The molecule has 2 spiro atoms. The Kier molecular flexibility index (Phi) is 4.62. The zero-order valence-corrected chi connectivity index (χ0v) is 21.6. The number of aliphatic hydroxyl groups excluding tert-OH is 1. The zero-order valence-electron chi connectivity index (χ0n) is 21.6. The first-order valence-corrected chi connectivity index (χ1v) is 14.0. The highest BCUT2D eigenvalue weighted by Crippen LogP contribution is 2.74. The molecule has 192 valence electrons. The van der Waals surface area contributed by atoms with E-state index in [9.17, 15) is 15.3 Å². The lowest BCUT2D eigenvalue weighted by Crippen LogP contribution is -2.70. The molecule has 5 nitrogen and oxygen atoms in total. The summed E-state index contributed by atoms with van der Waals surface area (Å²) in [4.78, 5) is 0. The molecule has 1 aromatic rings. The Morgan fingerprint density at radius 1 is 0.971 bits per heavy atom. The molecule has 1 heterocycles. The molecule has 1 aliphatic heterocycles. The molecule has 0 aromatic heterocycles. The second-order valence-corrected chi connectivity index (χ2v) is 14.3. The maximum atomic E-state index is 12.7. The summed E-state index contributed by atoms with van der Waals surface area (Å²) in [7, 11) is 0. The minimum absolute atomic E-state index is 0.00153. The van der Waals surface area contributed by atoms with Crippen molar-refractivity contribution in [2.75, 3.05) is 13.2 Å². The summed E-state index contributed by atoms with van der Waals surface area (Å²) < 4.78 is 12.9. The molecule has 2 unspecified atom stereocenters. The van der Waals surface area contributed by atoms with Gasteiger partial charge in [-0.2, -0.15) is 0 Å². The number of benzene rings is 1. The fourth-order valence-electron chi connectivity index (χ4n) is 10.2. The highest BCUT2D eigenvalue weighted by Gasteiger charge is 2.72. The Morgan fingerprint density at radius 3 is 2.51 bits per heavy atom. The predicted octanol–water partition coefficient (Wildman–Crippen LogP) is 4.91. The van der Waals surface area contributed by atoms with Crippen molar-refractivity contribution in [1.82, 2.24) is 0 Å². The van der Waals surface area contributed by atoms with Crippen LogP contribution in [0.25, 0.3) is 0 Å². The van der Waals surface area contributed by atoms with E-state index in [2.05, 4.69) is 26.8 Å². The van der Waals surface area contributed by atoms with Gasteiger partial charge >= 0.3 is 0 Å². The van der Waals surface area contributed by atoms with Crippen LogP contribution in [0.15, 0.2) is 18.2 Å². The van der Waals surface area contributed by atoms with Crippen LogP contribution in [0, 0.1) is 34.0 Å². The number of aromatic hydroxyl groups is 1. The second-order valence-electron chi connectivity index (χ2n) is 14.3. The number of hydrogen-bond acceptors (Lipinski definition) is 5. The van der Waals surface area contributed by atoms with Gasteiger partial charge in [0.15, 0.2) is 5.79 Å². The first kappa shape index (κ1) is 23.0. The SMILES string of the molecule is CC1(C)COC2(CC[C@@]34Cc5c(O)cccc5C5C[C@]6(C)[C@@H](O)CC[C@H]6[C@H](CC[C@@]3(O)C2)C54)OC1. The highest BCUT2D eigenvalue weighted by atomic mass is 16.7. The molecule has 5 fully saturated rings. The topological polar surface area (TPSA) is 79.2 Å². The molecule has 8 atom stereocenters. The number of phenolic OH excluding ortho intramolecular Hbond substituents is 1.